The largest absolute Gasteiger partial charge is 0.423 e. The minimum Gasteiger partial charge on any atom is -0.423 e. The molecular weight excluding hydrogens is 140 g/mol. The van der Waals surface area contributed by atoms with E-state index in [0.29, 0.717) is 11.3 Å². The van der Waals surface area contributed by atoms with Gasteiger partial charge in [-0.1, -0.05) is 18.7 Å². The van der Waals surface area contributed by atoms with Gasteiger partial charge in [-0.05, 0) is 12.8 Å². The average Bonchev–Trinajstić information content (AvgIpc) is 2.30. The summed E-state index contributed by atoms with van der Waals surface area (Å²) in [6.45, 7) is 3.64. The second kappa shape index (κ2) is 2.09. The quantitative estimate of drug-likeness (QED) is 0.489. The first-order chi connectivity index (χ1) is 5.29. The first-order valence-electron chi connectivity index (χ1n) is 3.61. The molecule has 0 saturated carbocycles. The Morgan fingerprint density at radius 3 is 2.55 bits per heavy atom. The Kier molecular flexibility index (Phi) is 1.22. The molecule has 0 radical (unpaired) electrons. The Balaban J connectivity index is 2.49. The smallest absolute Gasteiger partial charge is 0.343 e. The van der Waals surface area contributed by atoms with Crippen LogP contribution in [0.25, 0.3) is 0 Å². The van der Waals surface area contributed by atoms with Crippen LogP contribution in [-0.2, 0) is 9.53 Å². The Morgan fingerprint density at radius 2 is 1.91 bits per heavy atom. The van der Waals surface area contributed by atoms with Gasteiger partial charge in [-0.3, -0.25) is 0 Å². The van der Waals surface area contributed by atoms with E-state index in [-0.39, 0.29) is 5.97 Å². The Morgan fingerprint density at radius 1 is 1.27 bits per heavy atom. The molecule has 2 aliphatic rings. The normalized spacial score (nSPS) is 22.2. The van der Waals surface area contributed by atoms with Gasteiger partial charge in [-0.2, -0.15) is 0 Å². The third-order valence-electron chi connectivity index (χ3n) is 1.89. The lowest BCUT2D eigenvalue weighted by Gasteiger charge is -2.01. The Hall–Kier alpha value is -1.31. The van der Waals surface area contributed by atoms with Gasteiger partial charge in [0.25, 0.3) is 0 Å². The number of esters is 1. The molecule has 0 spiro atoms. The third-order valence-corrected chi connectivity index (χ3v) is 1.89. The van der Waals surface area contributed by atoms with E-state index in [0.717, 1.165) is 18.4 Å². The number of carbonyl (C=O) groups excluding carboxylic acids is 1. The van der Waals surface area contributed by atoms with Gasteiger partial charge < -0.3 is 4.74 Å². The van der Waals surface area contributed by atoms with E-state index in [2.05, 4.69) is 6.58 Å². The highest BCUT2D eigenvalue weighted by atomic mass is 16.5. The predicted molar refractivity (Wildman–Crippen MR) is 40.6 cm³/mol. The SMILES string of the molecule is C=C1OC(=O)C2=CCCC=C12. The molecule has 0 N–H and O–H groups in total. The molecule has 0 amide bonds. The zero-order valence-corrected chi connectivity index (χ0v) is 6.09. The van der Waals surface area contributed by atoms with Crippen LogP contribution in [0.3, 0.4) is 0 Å². The van der Waals surface area contributed by atoms with Gasteiger partial charge in [0.15, 0.2) is 0 Å². The van der Waals surface area contributed by atoms with Crippen molar-refractivity contribution in [3.63, 3.8) is 0 Å². The summed E-state index contributed by atoms with van der Waals surface area (Å²) in [7, 11) is 0. The molecule has 11 heavy (non-hydrogen) atoms. The summed E-state index contributed by atoms with van der Waals surface area (Å²) < 4.78 is 4.84. The van der Waals surface area contributed by atoms with Crippen molar-refractivity contribution in [3.05, 3.63) is 35.6 Å². The number of hydrogen-bond donors (Lipinski definition) is 0. The van der Waals surface area contributed by atoms with Crippen LogP contribution in [0.5, 0.6) is 0 Å². The van der Waals surface area contributed by atoms with Crippen molar-refractivity contribution in [3.8, 4) is 0 Å². The minimum atomic E-state index is -0.249. The molecule has 2 heteroatoms. The van der Waals surface area contributed by atoms with Gasteiger partial charge in [-0.25, -0.2) is 4.79 Å². The van der Waals surface area contributed by atoms with E-state index in [1.807, 2.05) is 12.2 Å². The number of ether oxygens (including phenoxy) is 1. The summed E-state index contributed by atoms with van der Waals surface area (Å²) in [6.07, 6.45) is 5.83. The van der Waals surface area contributed by atoms with Gasteiger partial charge in [0.05, 0.1) is 5.57 Å². The van der Waals surface area contributed by atoms with E-state index in [9.17, 15) is 4.79 Å². The highest BCUT2D eigenvalue weighted by Gasteiger charge is 2.29. The first kappa shape index (κ1) is 6.40. The van der Waals surface area contributed by atoms with Crippen LogP contribution in [0.4, 0.5) is 0 Å². The lowest BCUT2D eigenvalue weighted by Crippen LogP contribution is -1.96. The van der Waals surface area contributed by atoms with Crippen LogP contribution in [0.15, 0.2) is 35.6 Å². The fourth-order valence-electron chi connectivity index (χ4n) is 1.35. The van der Waals surface area contributed by atoms with Gasteiger partial charge in [0, 0.05) is 5.57 Å². The van der Waals surface area contributed by atoms with Crippen molar-refractivity contribution < 1.29 is 9.53 Å². The molecule has 0 aromatic rings. The molecule has 2 nitrogen and oxygen atoms in total. The van der Waals surface area contributed by atoms with E-state index in [1.54, 1.807) is 0 Å². The van der Waals surface area contributed by atoms with Crippen LogP contribution in [0.2, 0.25) is 0 Å². The average molecular weight is 148 g/mol. The standard InChI is InChI=1S/C9H8O2/c1-6-7-4-2-3-5-8(7)9(10)11-6/h4-5H,1-3H2. The maximum absolute atomic E-state index is 11.0. The zero-order valence-electron chi connectivity index (χ0n) is 6.09. The second-order valence-electron chi connectivity index (χ2n) is 2.63. The minimum absolute atomic E-state index is 0.249. The van der Waals surface area contributed by atoms with Gasteiger partial charge >= 0.3 is 5.97 Å². The number of hydrogen-bond acceptors (Lipinski definition) is 2. The molecule has 1 fully saturated rings. The fraction of sp³-hybridized carbons (Fsp3) is 0.222. The molecule has 0 aromatic heterocycles. The van der Waals surface area contributed by atoms with Crippen LogP contribution in [-0.4, -0.2) is 5.97 Å². The molecule has 1 aliphatic carbocycles. The molecule has 1 saturated heterocycles. The van der Waals surface area contributed by atoms with E-state index in [4.69, 9.17) is 4.74 Å². The van der Waals surface area contributed by atoms with Gasteiger partial charge in [-0.15, -0.1) is 0 Å². The molecule has 0 aromatic carbocycles. The lowest BCUT2D eigenvalue weighted by atomic mass is 9.99. The zero-order chi connectivity index (χ0) is 7.84. The summed E-state index contributed by atoms with van der Waals surface area (Å²) in [5.74, 6) is 0.252. The lowest BCUT2D eigenvalue weighted by molar-refractivity contribution is -0.132. The summed E-state index contributed by atoms with van der Waals surface area (Å²) >= 11 is 0. The molecule has 0 bridgehead atoms. The highest BCUT2D eigenvalue weighted by molar-refractivity contribution is 5.99. The molecule has 0 unspecified atom stereocenters. The van der Waals surface area contributed by atoms with E-state index in [1.165, 1.54) is 0 Å². The van der Waals surface area contributed by atoms with Gasteiger partial charge in [0.1, 0.15) is 5.76 Å². The number of rotatable bonds is 0. The van der Waals surface area contributed by atoms with Crippen molar-refractivity contribution in [2.45, 2.75) is 12.8 Å². The van der Waals surface area contributed by atoms with Crippen molar-refractivity contribution >= 4 is 5.97 Å². The van der Waals surface area contributed by atoms with Crippen molar-refractivity contribution in [1.82, 2.24) is 0 Å². The van der Waals surface area contributed by atoms with Crippen molar-refractivity contribution in [1.29, 1.82) is 0 Å². The number of carbonyl (C=O) groups is 1. The van der Waals surface area contributed by atoms with Gasteiger partial charge in [0.2, 0.25) is 0 Å². The fourth-order valence-corrected chi connectivity index (χ4v) is 1.35. The highest BCUT2D eigenvalue weighted by Crippen LogP contribution is 2.32. The molecule has 1 aliphatic heterocycles. The summed E-state index contributed by atoms with van der Waals surface area (Å²) in [5, 5.41) is 0. The predicted octanol–water partition coefficient (Wildman–Crippen LogP) is 1.70. The Bertz CT molecular complexity index is 265. The second-order valence-corrected chi connectivity index (χ2v) is 2.63. The molecule has 56 valence electrons. The molecule has 1 heterocycles. The van der Waals surface area contributed by atoms with Crippen LogP contribution < -0.4 is 0 Å². The third kappa shape index (κ3) is 0.827. The van der Waals surface area contributed by atoms with E-state index < -0.39 is 0 Å². The molecule has 2 rings (SSSR count). The summed E-state index contributed by atoms with van der Waals surface area (Å²) in [4.78, 5) is 11.0. The van der Waals surface area contributed by atoms with Crippen molar-refractivity contribution in [2.24, 2.45) is 0 Å². The Labute approximate surface area is 64.9 Å². The molecular formula is C9H8O2. The van der Waals surface area contributed by atoms with Crippen molar-refractivity contribution in [2.75, 3.05) is 0 Å². The number of cyclic esters (lactones) is 1. The maximum atomic E-state index is 11.0. The van der Waals surface area contributed by atoms with Crippen LogP contribution in [0, 0.1) is 0 Å². The first-order valence-corrected chi connectivity index (χ1v) is 3.61. The number of allylic oxidation sites excluding steroid dienone is 3. The van der Waals surface area contributed by atoms with Crippen LogP contribution >= 0.6 is 0 Å². The topological polar surface area (TPSA) is 26.3 Å². The summed E-state index contributed by atoms with van der Waals surface area (Å²) in [5.41, 5.74) is 1.59. The monoisotopic (exact) mass is 148 g/mol. The van der Waals surface area contributed by atoms with Crippen LogP contribution in [0.1, 0.15) is 12.8 Å². The van der Waals surface area contributed by atoms with E-state index >= 15 is 0 Å². The summed E-state index contributed by atoms with van der Waals surface area (Å²) in [6, 6.07) is 0. The number of fused-ring (bicyclic) bond motifs is 1. The molecule has 0 atom stereocenters. The maximum Gasteiger partial charge on any atom is 0.343 e.